The minimum absolute atomic E-state index is 0.0453. The van der Waals surface area contributed by atoms with Gasteiger partial charge in [0, 0.05) is 14.7 Å². The van der Waals surface area contributed by atoms with Crippen LogP contribution in [0.3, 0.4) is 0 Å². The molecule has 1 fully saturated rings. The molecule has 0 amide bonds. The van der Waals surface area contributed by atoms with Crippen LogP contribution in [0.15, 0.2) is 79.0 Å². The molecule has 0 radical (unpaired) electrons. The zero-order valence-corrected chi connectivity index (χ0v) is 20.2. The summed E-state index contributed by atoms with van der Waals surface area (Å²) >= 11 is 2.25. The van der Waals surface area contributed by atoms with E-state index in [4.69, 9.17) is 0 Å². The topological polar surface area (TPSA) is 69.1 Å². The number of hydrogen-bond acceptors (Lipinski definition) is 3. The Labute approximate surface area is 206 Å². The largest absolute Gasteiger partial charge is 0.291 e. The van der Waals surface area contributed by atoms with Crippen LogP contribution in [0.4, 0.5) is 0 Å². The summed E-state index contributed by atoms with van der Waals surface area (Å²) in [7, 11) is 0. The summed E-state index contributed by atoms with van der Waals surface area (Å²) in [4.78, 5) is 14.9. The zero-order valence-electron chi connectivity index (χ0n) is 18.0. The maximum Gasteiger partial charge on any atom is 0.221 e. The highest BCUT2D eigenvalue weighted by molar-refractivity contribution is 14.1. The maximum atomic E-state index is 14.1. The molecule has 5 rings (SSSR count). The minimum Gasteiger partial charge on any atom is -0.291 e. The lowest BCUT2D eigenvalue weighted by molar-refractivity contribution is -0.885. The lowest BCUT2D eigenvalue weighted by Crippen LogP contribution is -3.11. The number of rotatable bonds is 3. The van der Waals surface area contributed by atoms with Gasteiger partial charge >= 0.3 is 0 Å². The number of Topliss-reactive ketones (excluding diaryl/α,β-unsaturated/α-hetero) is 1. The summed E-state index contributed by atoms with van der Waals surface area (Å²) in [5.41, 5.74) is 3.08. The highest BCUT2D eigenvalue weighted by Gasteiger charge is 2.68. The third-order valence-corrected chi connectivity index (χ3v) is 7.95. The highest BCUT2D eigenvalue weighted by atomic mass is 127. The van der Waals surface area contributed by atoms with Crippen LogP contribution in [-0.2, 0) is 0 Å². The fraction of sp³-hybridized carbons (Fsp3) is 0.179. The molecular formula is C28H21IN3O+. The molecule has 4 atom stereocenters. The number of ketones is 1. The van der Waals surface area contributed by atoms with Crippen LogP contribution in [0.1, 0.15) is 44.6 Å². The Morgan fingerprint density at radius 3 is 2.24 bits per heavy atom. The van der Waals surface area contributed by atoms with Gasteiger partial charge in [0.1, 0.15) is 0 Å². The first-order valence-corrected chi connectivity index (χ1v) is 11.9. The summed E-state index contributed by atoms with van der Waals surface area (Å²) in [5, 5.41) is 21.2. The van der Waals surface area contributed by atoms with E-state index in [0.29, 0.717) is 5.56 Å². The molecule has 2 aliphatic heterocycles. The highest BCUT2D eigenvalue weighted by Crippen LogP contribution is 2.52. The molecule has 1 N–H and O–H groups in total. The summed E-state index contributed by atoms with van der Waals surface area (Å²) in [5.74, 6) is -0.624. The molecule has 5 heteroatoms. The molecule has 0 bridgehead atoms. The number of halogens is 1. The molecule has 3 aromatic rings. The normalized spacial score (nSPS) is 24.2. The van der Waals surface area contributed by atoms with E-state index in [1.54, 1.807) is 0 Å². The number of nitriles is 2. The van der Waals surface area contributed by atoms with Crippen LogP contribution in [-0.4, -0.2) is 11.8 Å². The summed E-state index contributed by atoms with van der Waals surface area (Å²) < 4.78 is 0.952. The number of carbonyl (C=O) groups is 1. The van der Waals surface area contributed by atoms with Gasteiger partial charge in [-0.05, 0) is 52.8 Å². The number of hydrogen-bond donors (Lipinski definition) is 1. The molecule has 160 valence electrons. The second-order valence-electron chi connectivity index (χ2n) is 8.70. The average Bonchev–Trinajstić information content (AvgIpc) is 3.15. The van der Waals surface area contributed by atoms with Gasteiger partial charge in [0.25, 0.3) is 0 Å². The van der Waals surface area contributed by atoms with Gasteiger partial charge in [-0.3, -0.25) is 9.69 Å². The Morgan fingerprint density at radius 1 is 0.939 bits per heavy atom. The zero-order chi connectivity index (χ0) is 23.2. The van der Waals surface area contributed by atoms with Crippen molar-refractivity contribution in [3.05, 3.63) is 110 Å². The van der Waals surface area contributed by atoms with Crippen molar-refractivity contribution in [1.82, 2.24) is 0 Å². The quantitative estimate of drug-likeness (QED) is 0.389. The number of nitrogens with one attached hydrogen (secondary N) is 1. The lowest BCUT2D eigenvalue weighted by atomic mass is 9.67. The van der Waals surface area contributed by atoms with Crippen LogP contribution >= 0.6 is 22.6 Å². The van der Waals surface area contributed by atoms with Crippen molar-refractivity contribution in [3.8, 4) is 12.1 Å². The molecule has 0 saturated carbocycles. The van der Waals surface area contributed by atoms with Gasteiger partial charge in [0.05, 0.1) is 24.3 Å². The second kappa shape index (κ2) is 8.26. The van der Waals surface area contributed by atoms with Crippen LogP contribution in [0.25, 0.3) is 6.08 Å². The van der Waals surface area contributed by atoms with E-state index in [2.05, 4.69) is 34.7 Å². The number of carbonyl (C=O) groups excluding carboxylic acids is 1. The van der Waals surface area contributed by atoms with Crippen LogP contribution in [0.2, 0.25) is 0 Å². The van der Waals surface area contributed by atoms with Crippen LogP contribution in [0.5, 0.6) is 0 Å². The number of quaternary nitrogens is 1. The summed E-state index contributed by atoms with van der Waals surface area (Å²) in [6, 6.07) is 27.0. The molecular weight excluding hydrogens is 521 g/mol. The monoisotopic (exact) mass is 542 g/mol. The Hall–Kier alpha value is -3.26. The Morgan fingerprint density at radius 2 is 1.58 bits per heavy atom. The number of nitrogens with zero attached hydrogens (tertiary/aromatic N) is 2. The first-order chi connectivity index (χ1) is 16.0. The molecule has 0 aliphatic carbocycles. The Kier molecular flexibility index (Phi) is 5.40. The van der Waals surface area contributed by atoms with Crippen molar-refractivity contribution >= 4 is 34.5 Å². The fourth-order valence-corrected chi connectivity index (χ4v) is 6.18. The predicted octanol–water partition coefficient (Wildman–Crippen LogP) is 4.59. The third-order valence-electron chi connectivity index (χ3n) is 6.96. The van der Waals surface area contributed by atoms with Gasteiger partial charge in [0.15, 0.2) is 12.1 Å². The molecule has 3 aromatic carbocycles. The smallest absolute Gasteiger partial charge is 0.221 e. The molecule has 1 saturated heterocycles. The van der Waals surface area contributed by atoms with Gasteiger partial charge in [-0.25, -0.2) is 0 Å². The van der Waals surface area contributed by atoms with E-state index in [-0.39, 0.29) is 5.78 Å². The average molecular weight is 542 g/mol. The third kappa shape index (κ3) is 3.23. The molecule has 0 aromatic heterocycles. The molecule has 1 unspecified atom stereocenters. The van der Waals surface area contributed by atoms with Gasteiger partial charge in [-0.2, -0.15) is 10.5 Å². The van der Waals surface area contributed by atoms with Gasteiger partial charge in [0.2, 0.25) is 11.2 Å². The van der Waals surface area contributed by atoms with E-state index >= 15 is 0 Å². The van der Waals surface area contributed by atoms with E-state index in [1.807, 2.05) is 92.0 Å². The number of aryl methyl sites for hydroxylation is 1. The molecule has 2 aliphatic rings. The lowest BCUT2D eigenvalue weighted by Gasteiger charge is -2.29. The van der Waals surface area contributed by atoms with Crippen LogP contribution < -0.4 is 4.90 Å². The summed E-state index contributed by atoms with van der Waals surface area (Å²) in [6.07, 6.45) is 3.98. The first kappa shape index (κ1) is 21.6. The van der Waals surface area contributed by atoms with Gasteiger partial charge < -0.3 is 0 Å². The number of fused-ring (bicyclic) bond motifs is 3. The van der Waals surface area contributed by atoms with Crippen LogP contribution in [0, 0.1) is 38.6 Å². The molecule has 4 nitrogen and oxygen atoms in total. The van der Waals surface area contributed by atoms with Crippen molar-refractivity contribution in [1.29, 1.82) is 10.5 Å². The number of benzene rings is 3. The first-order valence-electron chi connectivity index (χ1n) is 10.8. The van der Waals surface area contributed by atoms with Crippen molar-refractivity contribution < 1.29 is 9.69 Å². The maximum absolute atomic E-state index is 14.1. The molecule has 2 heterocycles. The van der Waals surface area contributed by atoms with E-state index in [1.165, 1.54) is 0 Å². The van der Waals surface area contributed by atoms with E-state index < -0.39 is 23.4 Å². The van der Waals surface area contributed by atoms with E-state index in [9.17, 15) is 15.3 Å². The fourth-order valence-electron chi connectivity index (χ4n) is 5.46. The van der Waals surface area contributed by atoms with Crippen molar-refractivity contribution in [2.24, 2.45) is 5.41 Å². The predicted molar refractivity (Wildman–Crippen MR) is 134 cm³/mol. The SMILES string of the molecule is Cc1ccc(C(=O)[C@H]2[C@H](c3ccccc3I)C(C#N)(C#N)[C@@H]3c4ccccc4C=C[NH+]32)cc1. The standard InChI is InChI=1S/C28H20IN3O/c1-18-10-12-20(13-11-18)26(33)25-24(22-8-4-5-9-23(22)29)28(16-30,17-31)27-21-7-3-2-6-19(21)14-15-32(25)27/h2-15,24-25,27H,1H3/p+1/t24-,25+,27-/m0/s1. The van der Waals surface area contributed by atoms with Gasteiger partial charge in [-0.1, -0.05) is 72.3 Å². The Bertz CT molecular complexity index is 1350. The second-order valence-corrected chi connectivity index (χ2v) is 9.86. The molecule has 0 spiro atoms. The van der Waals surface area contributed by atoms with E-state index in [0.717, 1.165) is 30.7 Å². The van der Waals surface area contributed by atoms with Crippen molar-refractivity contribution in [2.45, 2.75) is 24.9 Å². The van der Waals surface area contributed by atoms with Crippen molar-refractivity contribution in [3.63, 3.8) is 0 Å². The van der Waals surface area contributed by atoms with Gasteiger partial charge in [-0.15, -0.1) is 0 Å². The minimum atomic E-state index is -1.40. The molecule has 33 heavy (non-hydrogen) atoms. The summed E-state index contributed by atoms with van der Waals surface area (Å²) in [6.45, 7) is 1.99. The Balaban J connectivity index is 1.79. The van der Waals surface area contributed by atoms with Crippen molar-refractivity contribution in [2.75, 3.05) is 0 Å².